The van der Waals surface area contributed by atoms with E-state index >= 15 is 0 Å². The topological polar surface area (TPSA) is 12.0 Å². The molecule has 1 aromatic rings. The largest absolute Gasteiger partial charge is 0.316 e. The molecule has 0 aliphatic heterocycles. The van der Waals surface area contributed by atoms with Crippen LogP contribution in [0.25, 0.3) is 0 Å². The van der Waals surface area contributed by atoms with Gasteiger partial charge in [0.15, 0.2) is 0 Å². The molecule has 0 aromatic heterocycles. The van der Waals surface area contributed by atoms with Crippen molar-refractivity contribution < 1.29 is 0 Å². The summed E-state index contributed by atoms with van der Waals surface area (Å²) in [5.41, 5.74) is 2.10. The Hall–Kier alpha value is -0.820. The molecule has 1 fully saturated rings. The predicted molar refractivity (Wildman–Crippen MR) is 69.7 cm³/mol. The standard InChI is InChI=1S/C15H23N/c1-3-15(9-10-15)12-16-11-13(2)14-7-5-4-6-8-14/h4-8,13,16H,3,9-12H2,1-2H3. The maximum Gasteiger partial charge on any atom is 0.00177 e. The molecular weight excluding hydrogens is 194 g/mol. The fourth-order valence-corrected chi connectivity index (χ4v) is 2.29. The van der Waals surface area contributed by atoms with Crippen molar-refractivity contribution in [3.8, 4) is 0 Å². The zero-order chi connectivity index (χ0) is 11.4. The minimum absolute atomic E-state index is 0.619. The highest BCUT2D eigenvalue weighted by Crippen LogP contribution is 2.47. The van der Waals surface area contributed by atoms with Gasteiger partial charge in [-0.1, -0.05) is 44.2 Å². The quantitative estimate of drug-likeness (QED) is 0.768. The minimum Gasteiger partial charge on any atom is -0.316 e. The van der Waals surface area contributed by atoms with E-state index in [1.54, 1.807) is 0 Å². The smallest absolute Gasteiger partial charge is 0.00177 e. The number of benzene rings is 1. The third-order valence-corrected chi connectivity index (χ3v) is 4.03. The van der Waals surface area contributed by atoms with E-state index in [1.807, 2.05) is 0 Å². The molecule has 88 valence electrons. The first-order valence-corrected chi connectivity index (χ1v) is 6.51. The van der Waals surface area contributed by atoms with Crippen molar-refractivity contribution in [3.05, 3.63) is 35.9 Å². The zero-order valence-corrected chi connectivity index (χ0v) is 10.5. The summed E-state index contributed by atoms with van der Waals surface area (Å²) >= 11 is 0. The molecule has 1 aliphatic carbocycles. The Morgan fingerprint density at radius 2 is 1.94 bits per heavy atom. The van der Waals surface area contributed by atoms with Crippen LogP contribution in [0.15, 0.2) is 30.3 Å². The molecule has 1 atom stereocenters. The van der Waals surface area contributed by atoms with Crippen LogP contribution in [0.2, 0.25) is 0 Å². The summed E-state index contributed by atoms with van der Waals surface area (Å²) in [5.74, 6) is 0.619. The number of rotatable bonds is 6. The Morgan fingerprint density at radius 3 is 2.50 bits per heavy atom. The van der Waals surface area contributed by atoms with Crippen LogP contribution in [0, 0.1) is 5.41 Å². The second-order valence-corrected chi connectivity index (χ2v) is 5.30. The summed E-state index contributed by atoms with van der Waals surface area (Å²) < 4.78 is 0. The first-order valence-electron chi connectivity index (χ1n) is 6.51. The second-order valence-electron chi connectivity index (χ2n) is 5.30. The zero-order valence-electron chi connectivity index (χ0n) is 10.5. The Kier molecular flexibility index (Phi) is 3.65. The van der Waals surface area contributed by atoms with Gasteiger partial charge >= 0.3 is 0 Å². The molecule has 0 saturated heterocycles. The highest BCUT2D eigenvalue weighted by atomic mass is 14.9. The number of nitrogens with one attached hydrogen (secondary N) is 1. The van der Waals surface area contributed by atoms with E-state index in [-0.39, 0.29) is 0 Å². The Bertz CT molecular complexity index is 313. The molecule has 0 bridgehead atoms. The maximum atomic E-state index is 3.64. The summed E-state index contributed by atoms with van der Waals surface area (Å²) in [6.45, 7) is 6.93. The van der Waals surface area contributed by atoms with E-state index in [2.05, 4.69) is 49.5 Å². The minimum atomic E-state index is 0.619. The lowest BCUT2D eigenvalue weighted by Gasteiger charge is -2.17. The molecule has 0 radical (unpaired) electrons. The van der Waals surface area contributed by atoms with Crippen LogP contribution in [0.1, 0.15) is 44.6 Å². The first kappa shape index (κ1) is 11.7. The molecule has 2 rings (SSSR count). The van der Waals surface area contributed by atoms with E-state index in [0.717, 1.165) is 6.54 Å². The molecule has 1 unspecified atom stereocenters. The summed E-state index contributed by atoms with van der Waals surface area (Å²) in [6, 6.07) is 10.8. The van der Waals surface area contributed by atoms with Gasteiger partial charge in [-0.15, -0.1) is 0 Å². The molecule has 1 N–H and O–H groups in total. The van der Waals surface area contributed by atoms with Crippen molar-refractivity contribution >= 4 is 0 Å². The van der Waals surface area contributed by atoms with Crippen LogP contribution >= 0.6 is 0 Å². The van der Waals surface area contributed by atoms with Crippen LogP contribution in [0.4, 0.5) is 0 Å². The van der Waals surface area contributed by atoms with Crippen molar-refractivity contribution in [1.82, 2.24) is 5.32 Å². The van der Waals surface area contributed by atoms with Gasteiger partial charge in [0.25, 0.3) is 0 Å². The van der Waals surface area contributed by atoms with E-state index in [1.165, 1.54) is 31.4 Å². The maximum absolute atomic E-state index is 3.64. The van der Waals surface area contributed by atoms with Crippen molar-refractivity contribution in [2.75, 3.05) is 13.1 Å². The fourth-order valence-electron chi connectivity index (χ4n) is 2.29. The highest BCUT2D eigenvalue weighted by Gasteiger charge is 2.39. The molecule has 0 amide bonds. The van der Waals surface area contributed by atoms with Gasteiger partial charge < -0.3 is 5.32 Å². The average Bonchev–Trinajstić information content (AvgIpc) is 3.11. The van der Waals surface area contributed by atoms with Gasteiger partial charge in [-0.3, -0.25) is 0 Å². The van der Waals surface area contributed by atoms with Gasteiger partial charge in [0.2, 0.25) is 0 Å². The summed E-state index contributed by atoms with van der Waals surface area (Å²) in [5, 5.41) is 3.64. The molecule has 1 aromatic carbocycles. The van der Waals surface area contributed by atoms with E-state index in [9.17, 15) is 0 Å². The number of hydrogen-bond acceptors (Lipinski definition) is 1. The van der Waals surface area contributed by atoms with Gasteiger partial charge in [-0.25, -0.2) is 0 Å². The van der Waals surface area contributed by atoms with E-state index in [4.69, 9.17) is 0 Å². The molecule has 1 heteroatoms. The lowest BCUT2D eigenvalue weighted by molar-refractivity contribution is 0.436. The lowest BCUT2D eigenvalue weighted by Crippen LogP contribution is -2.27. The average molecular weight is 217 g/mol. The van der Waals surface area contributed by atoms with Gasteiger partial charge in [0.05, 0.1) is 0 Å². The molecule has 1 aliphatic rings. The van der Waals surface area contributed by atoms with Gasteiger partial charge in [-0.05, 0) is 36.2 Å². The summed E-state index contributed by atoms with van der Waals surface area (Å²) in [7, 11) is 0. The fraction of sp³-hybridized carbons (Fsp3) is 0.600. The summed E-state index contributed by atoms with van der Waals surface area (Å²) in [4.78, 5) is 0. The van der Waals surface area contributed by atoms with E-state index in [0.29, 0.717) is 11.3 Å². The number of hydrogen-bond donors (Lipinski definition) is 1. The van der Waals surface area contributed by atoms with Crippen LogP contribution in [0.3, 0.4) is 0 Å². The van der Waals surface area contributed by atoms with Gasteiger partial charge in [0, 0.05) is 13.1 Å². The monoisotopic (exact) mass is 217 g/mol. The van der Waals surface area contributed by atoms with E-state index < -0.39 is 0 Å². The molecule has 0 heterocycles. The summed E-state index contributed by atoms with van der Waals surface area (Å²) in [6.07, 6.45) is 4.19. The van der Waals surface area contributed by atoms with Gasteiger partial charge in [0.1, 0.15) is 0 Å². The Morgan fingerprint density at radius 1 is 1.25 bits per heavy atom. The first-order chi connectivity index (χ1) is 7.76. The Labute approximate surface area is 99.3 Å². The molecule has 0 spiro atoms. The molecule has 16 heavy (non-hydrogen) atoms. The van der Waals surface area contributed by atoms with Crippen molar-refractivity contribution in [3.63, 3.8) is 0 Å². The van der Waals surface area contributed by atoms with Crippen LogP contribution < -0.4 is 5.32 Å². The van der Waals surface area contributed by atoms with Crippen LogP contribution in [-0.4, -0.2) is 13.1 Å². The van der Waals surface area contributed by atoms with Crippen LogP contribution in [-0.2, 0) is 0 Å². The third-order valence-electron chi connectivity index (χ3n) is 4.03. The van der Waals surface area contributed by atoms with Crippen molar-refractivity contribution in [2.45, 2.75) is 39.0 Å². The highest BCUT2D eigenvalue weighted by molar-refractivity contribution is 5.19. The lowest BCUT2D eigenvalue weighted by atomic mass is 10.00. The van der Waals surface area contributed by atoms with Gasteiger partial charge in [-0.2, -0.15) is 0 Å². The van der Waals surface area contributed by atoms with Crippen LogP contribution in [0.5, 0.6) is 0 Å². The SMILES string of the molecule is CCC1(CNCC(C)c2ccccc2)CC1. The molecular formula is C15H23N. The normalized spacial score (nSPS) is 19.4. The predicted octanol–water partition coefficient (Wildman–Crippen LogP) is 3.57. The Balaban J connectivity index is 1.74. The third kappa shape index (κ3) is 2.85. The van der Waals surface area contributed by atoms with Crippen molar-refractivity contribution in [2.24, 2.45) is 5.41 Å². The molecule has 1 nitrogen and oxygen atoms in total. The van der Waals surface area contributed by atoms with Crippen molar-refractivity contribution in [1.29, 1.82) is 0 Å². The molecule has 1 saturated carbocycles. The second kappa shape index (κ2) is 5.01.